The van der Waals surface area contributed by atoms with Crippen LogP contribution in [0.2, 0.25) is 5.02 Å². The Labute approximate surface area is 133 Å². The summed E-state index contributed by atoms with van der Waals surface area (Å²) in [6.07, 6.45) is 1.97. The summed E-state index contributed by atoms with van der Waals surface area (Å²) in [5, 5.41) is 4.29. The van der Waals surface area contributed by atoms with E-state index in [-0.39, 0.29) is 0 Å². The molecule has 0 aliphatic rings. The lowest BCUT2D eigenvalue weighted by Crippen LogP contribution is -2.30. The number of nitrogens with one attached hydrogen (secondary N) is 1. The Hall–Kier alpha value is -1.31. The quantitative estimate of drug-likeness (QED) is 0.848. The summed E-state index contributed by atoms with van der Waals surface area (Å²) in [7, 11) is 2.03. The summed E-state index contributed by atoms with van der Waals surface area (Å²) in [6, 6.07) is 13.0. The Kier molecular flexibility index (Phi) is 5.44. The van der Waals surface area contributed by atoms with E-state index in [1.807, 2.05) is 19.2 Å². The maximum Gasteiger partial charge on any atom is 0.0438 e. The fourth-order valence-electron chi connectivity index (χ4n) is 2.98. The molecule has 112 valence electrons. The van der Waals surface area contributed by atoms with Gasteiger partial charge in [-0.1, -0.05) is 47.5 Å². The minimum absolute atomic E-state index is 0.394. The third-order valence-corrected chi connectivity index (χ3v) is 4.49. The van der Waals surface area contributed by atoms with E-state index in [0.29, 0.717) is 6.04 Å². The van der Waals surface area contributed by atoms with Crippen molar-refractivity contribution in [3.05, 3.63) is 69.2 Å². The van der Waals surface area contributed by atoms with Crippen LogP contribution in [0.15, 0.2) is 36.4 Å². The van der Waals surface area contributed by atoms with Crippen molar-refractivity contribution in [2.75, 3.05) is 7.05 Å². The number of likely N-dealkylation sites (N-methyl/N-ethyl adjacent to an activating group) is 1. The highest BCUT2D eigenvalue weighted by atomic mass is 35.5. The molecule has 0 radical (unpaired) electrons. The normalized spacial score (nSPS) is 12.4. The fraction of sp³-hybridized carbons (Fsp3) is 0.368. The molecule has 2 heteroatoms. The van der Waals surface area contributed by atoms with Crippen LogP contribution in [0.3, 0.4) is 0 Å². The molecular formula is C19H24ClN. The van der Waals surface area contributed by atoms with Gasteiger partial charge in [-0.25, -0.2) is 0 Å². The van der Waals surface area contributed by atoms with Gasteiger partial charge in [0.25, 0.3) is 0 Å². The third kappa shape index (κ3) is 4.09. The van der Waals surface area contributed by atoms with Crippen molar-refractivity contribution in [2.24, 2.45) is 0 Å². The summed E-state index contributed by atoms with van der Waals surface area (Å²) in [5.74, 6) is 0. The maximum atomic E-state index is 6.28. The van der Waals surface area contributed by atoms with Crippen LogP contribution in [0.25, 0.3) is 0 Å². The van der Waals surface area contributed by atoms with Crippen molar-refractivity contribution < 1.29 is 0 Å². The van der Waals surface area contributed by atoms with E-state index in [0.717, 1.165) is 17.9 Å². The van der Waals surface area contributed by atoms with E-state index >= 15 is 0 Å². The summed E-state index contributed by atoms with van der Waals surface area (Å²) in [6.45, 7) is 6.57. The molecule has 0 fully saturated rings. The predicted molar refractivity (Wildman–Crippen MR) is 92.4 cm³/mol. The van der Waals surface area contributed by atoms with Crippen LogP contribution in [0.5, 0.6) is 0 Å². The number of hydrogen-bond donors (Lipinski definition) is 1. The van der Waals surface area contributed by atoms with Gasteiger partial charge in [0, 0.05) is 11.1 Å². The number of halogens is 1. The van der Waals surface area contributed by atoms with Crippen LogP contribution in [0, 0.1) is 20.8 Å². The third-order valence-electron chi connectivity index (χ3n) is 4.12. The first-order chi connectivity index (χ1) is 10.0. The van der Waals surface area contributed by atoms with Crippen molar-refractivity contribution in [1.82, 2.24) is 5.32 Å². The zero-order valence-electron chi connectivity index (χ0n) is 13.3. The van der Waals surface area contributed by atoms with Crippen LogP contribution < -0.4 is 5.32 Å². The van der Waals surface area contributed by atoms with Gasteiger partial charge in [-0.05, 0) is 69.0 Å². The molecule has 1 atom stereocenters. The van der Waals surface area contributed by atoms with Gasteiger partial charge in [-0.15, -0.1) is 0 Å². The minimum atomic E-state index is 0.394. The van der Waals surface area contributed by atoms with Crippen LogP contribution in [-0.4, -0.2) is 13.1 Å². The summed E-state index contributed by atoms with van der Waals surface area (Å²) in [4.78, 5) is 0. The first-order valence-electron chi connectivity index (χ1n) is 7.48. The molecule has 1 N–H and O–H groups in total. The molecule has 2 aromatic rings. The molecule has 0 saturated carbocycles. The highest BCUT2D eigenvalue weighted by molar-refractivity contribution is 6.31. The molecule has 1 unspecified atom stereocenters. The maximum absolute atomic E-state index is 6.28. The van der Waals surface area contributed by atoms with Crippen molar-refractivity contribution in [2.45, 2.75) is 39.7 Å². The Morgan fingerprint density at radius 2 is 1.62 bits per heavy atom. The Morgan fingerprint density at radius 1 is 1.00 bits per heavy atom. The average molecular weight is 302 g/mol. The van der Waals surface area contributed by atoms with E-state index in [2.05, 4.69) is 50.4 Å². The number of aryl methyl sites for hydroxylation is 3. The van der Waals surface area contributed by atoms with Gasteiger partial charge in [0.15, 0.2) is 0 Å². The minimum Gasteiger partial charge on any atom is -0.316 e. The number of rotatable bonds is 5. The van der Waals surface area contributed by atoms with E-state index in [4.69, 9.17) is 11.6 Å². The van der Waals surface area contributed by atoms with Crippen molar-refractivity contribution in [3.63, 3.8) is 0 Å². The van der Waals surface area contributed by atoms with Crippen LogP contribution in [-0.2, 0) is 12.8 Å². The van der Waals surface area contributed by atoms with Crippen molar-refractivity contribution in [1.29, 1.82) is 0 Å². The summed E-state index contributed by atoms with van der Waals surface area (Å²) in [5.41, 5.74) is 6.76. The molecular weight excluding hydrogens is 278 g/mol. The number of benzene rings is 2. The largest absolute Gasteiger partial charge is 0.316 e. The Balaban J connectivity index is 2.19. The molecule has 0 aliphatic carbocycles. The molecule has 1 nitrogen and oxygen atoms in total. The standard InChI is InChI=1S/C19H24ClN/c1-13-9-14(2)18(15(3)10-13)12-17(21-4)11-16-7-5-6-8-19(16)20/h5-10,17,21H,11-12H2,1-4H3. The van der Waals surface area contributed by atoms with Crippen molar-refractivity contribution in [3.8, 4) is 0 Å². The van der Waals surface area contributed by atoms with E-state index in [1.165, 1.54) is 27.8 Å². The lowest BCUT2D eigenvalue weighted by Gasteiger charge is -2.20. The molecule has 0 aromatic heterocycles. The lowest BCUT2D eigenvalue weighted by molar-refractivity contribution is 0.554. The van der Waals surface area contributed by atoms with Gasteiger partial charge >= 0.3 is 0 Å². The molecule has 0 saturated heterocycles. The van der Waals surface area contributed by atoms with Gasteiger partial charge in [0.05, 0.1) is 0 Å². The highest BCUT2D eigenvalue weighted by Gasteiger charge is 2.13. The zero-order chi connectivity index (χ0) is 15.4. The molecule has 0 heterocycles. The molecule has 2 rings (SSSR count). The molecule has 0 spiro atoms. The molecule has 0 aliphatic heterocycles. The van der Waals surface area contributed by atoms with Gasteiger partial charge in [-0.2, -0.15) is 0 Å². The first-order valence-corrected chi connectivity index (χ1v) is 7.86. The van der Waals surface area contributed by atoms with Gasteiger partial charge < -0.3 is 5.32 Å². The van der Waals surface area contributed by atoms with E-state index < -0.39 is 0 Å². The average Bonchev–Trinajstić information content (AvgIpc) is 2.43. The van der Waals surface area contributed by atoms with Gasteiger partial charge in [0.1, 0.15) is 0 Å². The van der Waals surface area contributed by atoms with Gasteiger partial charge in [0.2, 0.25) is 0 Å². The number of hydrogen-bond acceptors (Lipinski definition) is 1. The molecule has 2 aromatic carbocycles. The highest BCUT2D eigenvalue weighted by Crippen LogP contribution is 2.21. The molecule has 21 heavy (non-hydrogen) atoms. The Bertz CT molecular complexity index is 596. The monoisotopic (exact) mass is 301 g/mol. The zero-order valence-corrected chi connectivity index (χ0v) is 14.1. The Morgan fingerprint density at radius 3 is 2.19 bits per heavy atom. The van der Waals surface area contributed by atoms with Crippen LogP contribution in [0.1, 0.15) is 27.8 Å². The molecule has 0 bridgehead atoms. The van der Waals surface area contributed by atoms with Crippen LogP contribution >= 0.6 is 11.6 Å². The summed E-state index contributed by atoms with van der Waals surface area (Å²) < 4.78 is 0. The van der Waals surface area contributed by atoms with E-state index in [9.17, 15) is 0 Å². The molecule has 0 amide bonds. The van der Waals surface area contributed by atoms with E-state index in [1.54, 1.807) is 0 Å². The second-order valence-electron chi connectivity index (χ2n) is 5.86. The van der Waals surface area contributed by atoms with Gasteiger partial charge in [-0.3, -0.25) is 0 Å². The lowest BCUT2D eigenvalue weighted by atomic mass is 9.92. The smallest absolute Gasteiger partial charge is 0.0438 e. The van der Waals surface area contributed by atoms with Crippen molar-refractivity contribution >= 4 is 11.6 Å². The topological polar surface area (TPSA) is 12.0 Å². The second kappa shape index (κ2) is 7.11. The first kappa shape index (κ1) is 16.1. The SMILES string of the molecule is CNC(Cc1ccccc1Cl)Cc1c(C)cc(C)cc1C. The predicted octanol–water partition coefficient (Wildman–Crippen LogP) is 4.64. The fourth-order valence-corrected chi connectivity index (χ4v) is 3.20. The second-order valence-corrected chi connectivity index (χ2v) is 6.27. The van der Waals surface area contributed by atoms with Crippen LogP contribution in [0.4, 0.5) is 0 Å². The summed E-state index contributed by atoms with van der Waals surface area (Å²) >= 11 is 6.28.